The van der Waals surface area contributed by atoms with Gasteiger partial charge in [-0.3, -0.25) is 0 Å². The molecule has 17 nitrogen and oxygen atoms in total. The first-order chi connectivity index (χ1) is 18.2. The Kier molecular flexibility index (Phi) is 10.9. The summed E-state index contributed by atoms with van der Waals surface area (Å²) in [5.74, 6) is 0. The average Bonchev–Trinajstić information content (AvgIpc) is 2.93. The lowest BCUT2D eigenvalue weighted by atomic mass is 9.77. The van der Waals surface area contributed by atoms with E-state index >= 15 is 0 Å². The molecular weight excluding hydrogens is 554 g/mol. The number of alkyl halides is 1. The predicted molar refractivity (Wildman–Crippen MR) is 127 cm³/mol. The molecule has 0 aromatic carbocycles. The first-order valence-electron chi connectivity index (χ1n) is 12.4. The molecule has 0 amide bonds. The largest absolute Gasteiger partial charge is 0.394 e. The fraction of sp³-hybridized carbons (Fsp3) is 1.00. The molecule has 0 aliphatic carbocycles. The van der Waals surface area contributed by atoms with E-state index in [1.54, 1.807) is 0 Å². The summed E-state index contributed by atoms with van der Waals surface area (Å²) in [5, 5.41) is 90.3. The number of hydrogen-bond donors (Lipinski definition) is 12. The molecule has 3 aliphatic heterocycles. The molecule has 0 saturated carbocycles. The van der Waals surface area contributed by atoms with Crippen molar-refractivity contribution in [3.05, 3.63) is 0 Å². The van der Waals surface area contributed by atoms with Crippen molar-refractivity contribution < 1.29 is 69.6 Å². The number of nitrogens with two attached hydrogens (primary N) is 3. The van der Waals surface area contributed by atoms with E-state index in [9.17, 15) is 46.0 Å². The Bertz CT molecular complexity index is 805. The Morgan fingerprint density at radius 1 is 0.846 bits per heavy atom. The average molecular weight is 594 g/mol. The second-order valence-corrected chi connectivity index (χ2v) is 10.6. The monoisotopic (exact) mass is 593 g/mol. The van der Waals surface area contributed by atoms with Crippen LogP contribution in [0.4, 0.5) is 0 Å². The molecule has 16 atom stereocenters. The van der Waals surface area contributed by atoms with Gasteiger partial charge in [-0.05, 0) is 6.42 Å². The van der Waals surface area contributed by atoms with Gasteiger partial charge in [-0.25, -0.2) is 0 Å². The zero-order chi connectivity index (χ0) is 29.4. The summed E-state index contributed by atoms with van der Waals surface area (Å²) in [6.07, 6.45) is -17.3. The van der Waals surface area contributed by atoms with Crippen LogP contribution in [0.2, 0.25) is 0 Å². The van der Waals surface area contributed by atoms with Crippen molar-refractivity contribution in [2.75, 3.05) is 19.8 Å². The highest BCUT2D eigenvalue weighted by Crippen LogP contribution is 2.44. The maximum Gasteiger partial charge on any atom is 0.201 e. The molecule has 0 spiro atoms. The van der Waals surface area contributed by atoms with Crippen LogP contribution in [0.15, 0.2) is 0 Å². The van der Waals surface area contributed by atoms with Crippen LogP contribution in [-0.2, 0) is 23.7 Å². The van der Waals surface area contributed by atoms with Gasteiger partial charge >= 0.3 is 0 Å². The molecule has 3 saturated heterocycles. The fourth-order valence-corrected chi connectivity index (χ4v) is 5.34. The lowest BCUT2D eigenvalue weighted by Gasteiger charge is -2.55. The third-order valence-corrected chi connectivity index (χ3v) is 8.04. The lowest BCUT2D eigenvalue weighted by Crippen LogP contribution is -2.78. The topological polar surface area (TPSA) is 306 Å². The van der Waals surface area contributed by atoms with Crippen LogP contribution in [0.1, 0.15) is 13.3 Å². The van der Waals surface area contributed by atoms with E-state index in [4.69, 9.17) is 52.5 Å². The number of hydrogen-bond acceptors (Lipinski definition) is 17. The number of aliphatic hydroxyl groups is 9. The summed E-state index contributed by atoms with van der Waals surface area (Å²) in [7, 11) is 0. The Labute approximate surface area is 228 Å². The van der Waals surface area contributed by atoms with Crippen LogP contribution < -0.4 is 17.2 Å². The van der Waals surface area contributed by atoms with Crippen molar-refractivity contribution in [3.63, 3.8) is 0 Å². The van der Waals surface area contributed by atoms with E-state index in [1.807, 2.05) is 0 Å². The van der Waals surface area contributed by atoms with Crippen molar-refractivity contribution in [2.45, 2.75) is 110 Å². The minimum Gasteiger partial charge on any atom is -0.394 e. The predicted octanol–water partition coefficient (Wildman–Crippen LogP) is -6.97. The maximum absolute atomic E-state index is 11.0. The highest BCUT2D eigenvalue weighted by atomic mass is 35.5. The van der Waals surface area contributed by atoms with Gasteiger partial charge in [-0.1, -0.05) is 18.5 Å². The second-order valence-electron chi connectivity index (χ2n) is 9.95. The SMILES string of the molecule is CCC(O)[C@]1(O)[C@H](O)[C@@H](N)[C@@H](OC2[C@@H](CO)O[C@@H](OC3[C@@H](CO)O[C@@H](O)[C@H](N)[C@H]3O)[C@H](N)[C@H]2O)O[C@@]1(Cl)CO. The van der Waals surface area contributed by atoms with Gasteiger partial charge in [0.15, 0.2) is 24.5 Å². The Morgan fingerprint density at radius 2 is 1.36 bits per heavy atom. The number of ether oxygens (including phenoxy) is 5. The minimum absolute atomic E-state index is 0.0939. The molecule has 0 aromatic heterocycles. The molecule has 39 heavy (non-hydrogen) atoms. The van der Waals surface area contributed by atoms with E-state index in [-0.39, 0.29) is 6.42 Å². The number of aliphatic hydroxyl groups excluding tert-OH is 8. The third-order valence-electron chi connectivity index (χ3n) is 7.53. The molecule has 3 fully saturated rings. The summed E-state index contributed by atoms with van der Waals surface area (Å²) in [6.45, 7) is -1.08. The molecule has 3 aliphatic rings. The van der Waals surface area contributed by atoms with Crippen molar-refractivity contribution in [2.24, 2.45) is 17.2 Å². The van der Waals surface area contributed by atoms with Gasteiger partial charge in [0.05, 0.1) is 44.1 Å². The fourth-order valence-electron chi connectivity index (χ4n) is 5.02. The normalized spacial score (nSPS) is 52.0. The van der Waals surface area contributed by atoms with Gasteiger partial charge < -0.3 is 86.8 Å². The summed E-state index contributed by atoms with van der Waals surface area (Å²) in [4.78, 5) is 0. The molecule has 0 bridgehead atoms. The minimum atomic E-state index is -2.62. The van der Waals surface area contributed by atoms with E-state index in [0.717, 1.165) is 0 Å². The van der Waals surface area contributed by atoms with Gasteiger partial charge in [0.25, 0.3) is 0 Å². The molecule has 3 heterocycles. The zero-order valence-electron chi connectivity index (χ0n) is 21.1. The van der Waals surface area contributed by atoms with Crippen LogP contribution >= 0.6 is 11.6 Å². The highest BCUT2D eigenvalue weighted by molar-refractivity contribution is 6.24. The first-order valence-corrected chi connectivity index (χ1v) is 12.8. The van der Waals surface area contributed by atoms with Crippen molar-refractivity contribution in [3.8, 4) is 0 Å². The quantitative estimate of drug-likeness (QED) is 0.110. The van der Waals surface area contributed by atoms with Crippen molar-refractivity contribution in [1.82, 2.24) is 0 Å². The van der Waals surface area contributed by atoms with Gasteiger partial charge in [0, 0.05) is 0 Å². The van der Waals surface area contributed by atoms with Crippen LogP contribution in [0, 0.1) is 0 Å². The van der Waals surface area contributed by atoms with Crippen molar-refractivity contribution in [1.29, 1.82) is 0 Å². The smallest absolute Gasteiger partial charge is 0.201 e. The molecule has 15 N–H and O–H groups in total. The van der Waals surface area contributed by atoms with Crippen LogP contribution in [-0.4, -0.2) is 162 Å². The van der Waals surface area contributed by atoms with Crippen molar-refractivity contribution >= 4 is 11.6 Å². The van der Waals surface area contributed by atoms with Gasteiger partial charge in [0.1, 0.15) is 42.7 Å². The Hall–Kier alpha value is -0.390. The third kappa shape index (κ3) is 5.81. The number of rotatable bonds is 9. The van der Waals surface area contributed by atoms with Gasteiger partial charge in [0.2, 0.25) is 5.06 Å². The number of halogens is 1. The zero-order valence-corrected chi connectivity index (χ0v) is 21.8. The highest BCUT2D eigenvalue weighted by Gasteiger charge is 2.66. The van der Waals surface area contributed by atoms with Gasteiger partial charge in [-0.2, -0.15) is 0 Å². The van der Waals surface area contributed by atoms with Crippen LogP contribution in [0.5, 0.6) is 0 Å². The van der Waals surface area contributed by atoms with Gasteiger partial charge in [-0.15, -0.1) is 0 Å². The molecule has 230 valence electrons. The van der Waals surface area contributed by atoms with E-state index < -0.39 is 116 Å². The summed E-state index contributed by atoms with van der Waals surface area (Å²) in [6, 6.07) is -4.32. The van der Waals surface area contributed by atoms with E-state index in [1.165, 1.54) is 6.92 Å². The van der Waals surface area contributed by atoms with E-state index in [2.05, 4.69) is 0 Å². The second kappa shape index (κ2) is 12.9. The maximum atomic E-state index is 11.0. The van der Waals surface area contributed by atoms with E-state index in [0.29, 0.717) is 0 Å². The first kappa shape index (κ1) is 33.1. The Balaban J connectivity index is 1.79. The molecule has 3 rings (SSSR count). The van der Waals surface area contributed by atoms with Crippen LogP contribution in [0.3, 0.4) is 0 Å². The molecule has 0 radical (unpaired) electrons. The molecule has 3 unspecified atom stereocenters. The Morgan fingerprint density at radius 3 is 1.87 bits per heavy atom. The standard InChI is InChI=1S/C21H40ClN3O14/c1-2-8(29)21(34)16(32)11(25)19(39-20(21,22)5-28)38-15-7(4-27)36-18(10(24)13(15)31)37-14-6(3-26)35-17(33)9(23)12(14)30/h6-19,26-34H,2-5,23-25H2,1H3/t6-,7-,8?,9-,10-,11-,12-,13-,14?,15?,16-,17-,18+,19+,20+,21+/m1/s1. The molecule has 18 heteroatoms. The summed E-state index contributed by atoms with van der Waals surface area (Å²) in [5.41, 5.74) is 15.2. The summed E-state index contributed by atoms with van der Waals surface area (Å²) < 4.78 is 27.7. The molecular formula is C21H40ClN3O14. The lowest BCUT2D eigenvalue weighted by molar-refractivity contribution is -0.369. The van der Waals surface area contributed by atoms with Crippen LogP contribution in [0.25, 0.3) is 0 Å². The molecule has 0 aromatic rings. The summed E-state index contributed by atoms with van der Waals surface area (Å²) >= 11 is 6.29.